The zero-order valence-electron chi connectivity index (χ0n) is 13.0. The van der Waals surface area contributed by atoms with Crippen LogP contribution in [0.5, 0.6) is 0 Å². The molecular formula is C15H31N3O. The summed E-state index contributed by atoms with van der Waals surface area (Å²) in [4.78, 5) is 14.3. The number of amides is 1. The van der Waals surface area contributed by atoms with Crippen LogP contribution in [0.2, 0.25) is 0 Å². The van der Waals surface area contributed by atoms with E-state index in [1.807, 2.05) is 14.0 Å². The lowest BCUT2D eigenvalue weighted by molar-refractivity contribution is -0.126. The predicted octanol–water partition coefficient (Wildman–Crippen LogP) is 1.61. The highest BCUT2D eigenvalue weighted by Gasteiger charge is 2.28. The molecule has 0 saturated carbocycles. The van der Waals surface area contributed by atoms with Crippen molar-refractivity contribution in [3.05, 3.63) is 0 Å². The second-order valence-electron chi connectivity index (χ2n) is 5.77. The van der Waals surface area contributed by atoms with Gasteiger partial charge in [-0.3, -0.25) is 9.69 Å². The second-order valence-corrected chi connectivity index (χ2v) is 5.77. The van der Waals surface area contributed by atoms with Crippen molar-refractivity contribution in [1.82, 2.24) is 15.5 Å². The summed E-state index contributed by atoms with van der Waals surface area (Å²) >= 11 is 0. The van der Waals surface area contributed by atoms with E-state index in [0.717, 1.165) is 38.4 Å². The van der Waals surface area contributed by atoms with Gasteiger partial charge in [0.2, 0.25) is 5.91 Å². The lowest BCUT2D eigenvalue weighted by Gasteiger charge is -2.37. The molecule has 2 atom stereocenters. The maximum Gasteiger partial charge on any atom is 0.237 e. The maximum absolute atomic E-state index is 12.0. The minimum absolute atomic E-state index is 0.0164. The molecule has 4 heteroatoms. The minimum atomic E-state index is 0.0164. The van der Waals surface area contributed by atoms with Gasteiger partial charge in [0.05, 0.1) is 6.04 Å². The molecule has 0 bridgehead atoms. The smallest absolute Gasteiger partial charge is 0.237 e. The van der Waals surface area contributed by atoms with Gasteiger partial charge < -0.3 is 10.6 Å². The molecule has 1 rings (SSSR count). The van der Waals surface area contributed by atoms with Crippen LogP contribution in [-0.4, -0.2) is 49.6 Å². The number of rotatable bonds is 7. The zero-order chi connectivity index (χ0) is 14.3. The van der Waals surface area contributed by atoms with Gasteiger partial charge in [-0.2, -0.15) is 0 Å². The number of hydrogen-bond donors (Lipinski definition) is 2. The Bertz CT molecular complexity index is 262. The van der Waals surface area contributed by atoms with E-state index in [1.54, 1.807) is 0 Å². The monoisotopic (exact) mass is 269 g/mol. The first-order valence-corrected chi connectivity index (χ1v) is 7.79. The number of carbonyl (C=O) groups is 1. The van der Waals surface area contributed by atoms with Gasteiger partial charge in [0.15, 0.2) is 0 Å². The molecule has 19 heavy (non-hydrogen) atoms. The number of carbonyl (C=O) groups excluding carboxylic acids is 1. The summed E-state index contributed by atoms with van der Waals surface area (Å²) in [7, 11) is 2.03. The third-order valence-corrected chi connectivity index (χ3v) is 4.49. The largest absolute Gasteiger partial charge is 0.355 e. The maximum atomic E-state index is 12.0. The molecule has 1 fully saturated rings. The molecule has 0 spiro atoms. The lowest BCUT2D eigenvalue weighted by Crippen LogP contribution is -2.50. The lowest BCUT2D eigenvalue weighted by atomic mass is 9.90. The molecule has 0 aliphatic carbocycles. The SMILES string of the molecule is CCCCNC(=O)C(C)N1CCC(C(C)NC)CC1. The molecule has 1 aliphatic heterocycles. The molecule has 1 saturated heterocycles. The van der Waals surface area contributed by atoms with Crippen LogP contribution >= 0.6 is 0 Å². The molecular weight excluding hydrogens is 238 g/mol. The molecule has 2 N–H and O–H groups in total. The van der Waals surface area contributed by atoms with Crippen LogP contribution in [0.15, 0.2) is 0 Å². The van der Waals surface area contributed by atoms with Gasteiger partial charge in [0, 0.05) is 12.6 Å². The molecule has 0 radical (unpaired) electrons. The summed E-state index contributed by atoms with van der Waals surface area (Å²) in [5.74, 6) is 0.935. The summed E-state index contributed by atoms with van der Waals surface area (Å²) in [5, 5.41) is 6.37. The van der Waals surface area contributed by atoms with E-state index < -0.39 is 0 Å². The van der Waals surface area contributed by atoms with E-state index in [-0.39, 0.29) is 11.9 Å². The number of unbranched alkanes of at least 4 members (excludes halogenated alkanes) is 1. The van der Waals surface area contributed by atoms with Gasteiger partial charge in [-0.05, 0) is 59.2 Å². The minimum Gasteiger partial charge on any atom is -0.355 e. The van der Waals surface area contributed by atoms with Crippen molar-refractivity contribution in [2.45, 2.75) is 58.5 Å². The van der Waals surface area contributed by atoms with Gasteiger partial charge in [-0.15, -0.1) is 0 Å². The number of nitrogens with zero attached hydrogens (tertiary/aromatic N) is 1. The van der Waals surface area contributed by atoms with Crippen LogP contribution in [-0.2, 0) is 4.79 Å². The third kappa shape index (κ3) is 5.11. The number of piperidine rings is 1. The van der Waals surface area contributed by atoms with Crippen molar-refractivity contribution in [1.29, 1.82) is 0 Å². The molecule has 1 heterocycles. The Balaban J connectivity index is 2.31. The van der Waals surface area contributed by atoms with Crippen LogP contribution in [0.25, 0.3) is 0 Å². The van der Waals surface area contributed by atoms with Crippen molar-refractivity contribution in [2.24, 2.45) is 5.92 Å². The first kappa shape index (κ1) is 16.4. The Morgan fingerprint density at radius 3 is 2.47 bits per heavy atom. The summed E-state index contributed by atoms with van der Waals surface area (Å²) in [6.07, 6.45) is 4.57. The highest BCUT2D eigenvalue weighted by atomic mass is 16.2. The van der Waals surface area contributed by atoms with E-state index in [0.29, 0.717) is 6.04 Å². The predicted molar refractivity (Wildman–Crippen MR) is 80.2 cm³/mol. The highest BCUT2D eigenvalue weighted by Crippen LogP contribution is 2.21. The topological polar surface area (TPSA) is 44.4 Å². The van der Waals surface area contributed by atoms with Gasteiger partial charge in [-0.1, -0.05) is 13.3 Å². The van der Waals surface area contributed by atoms with Gasteiger partial charge in [0.1, 0.15) is 0 Å². The molecule has 0 aromatic carbocycles. The zero-order valence-corrected chi connectivity index (χ0v) is 13.0. The van der Waals surface area contributed by atoms with E-state index in [4.69, 9.17) is 0 Å². The average Bonchev–Trinajstić information content (AvgIpc) is 2.46. The fourth-order valence-electron chi connectivity index (χ4n) is 2.74. The highest BCUT2D eigenvalue weighted by molar-refractivity contribution is 5.81. The van der Waals surface area contributed by atoms with E-state index >= 15 is 0 Å². The molecule has 1 amide bonds. The van der Waals surface area contributed by atoms with Gasteiger partial charge in [0.25, 0.3) is 0 Å². The molecule has 4 nitrogen and oxygen atoms in total. The standard InChI is InChI=1S/C15H31N3O/c1-5-6-9-17-15(19)13(3)18-10-7-14(8-11-18)12(2)16-4/h12-14,16H,5-11H2,1-4H3,(H,17,19). The molecule has 112 valence electrons. The van der Waals surface area contributed by atoms with Crippen molar-refractivity contribution in [3.8, 4) is 0 Å². The second kappa shape index (κ2) is 8.54. The van der Waals surface area contributed by atoms with Crippen LogP contribution < -0.4 is 10.6 Å². The van der Waals surface area contributed by atoms with E-state index in [2.05, 4.69) is 29.4 Å². The van der Waals surface area contributed by atoms with Crippen LogP contribution in [0.4, 0.5) is 0 Å². The first-order valence-electron chi connectivity index (χ1n) is 7.79. The molecule has 2 unspecified atom stereocenters. The number of nitrogens with one attached hydrogen (secondary N) is 2. The summed E-state index contributed by atoms with van der Waals surface area (Å²) in [5.41, 5.74) is 0. The van der Waals surface area contributed by atoms with Crippen molar-refractivity contribution in [3.63, 3.8) is 0 Å². The summed E-state index contributed by atoms with van der Waals surface area (Å²) in [6, 6.07) is 0.596. The van der Waals surface area contributed by atoms with Gasteiger partial charge >= 0.3 is 0 Å². The quantitative estimate of drug-likeness (QED) is 0.690. The fraction of sp³-hybridized carbons (Fsp3) is 0.933. The van der Waals surface area contributed by atoms with Crippen LogP contribution in [0, 0.1) is 5.92 Å². The third-order valence-electron chi connectivity index (χ3n) is 4.49. The van der Waals surface area contributed by atoms with Crippen molar-refractivity contribution in [2.75, 3.05) is 26.7 Å². The molecule has 1 aliphatic rings. The van der Waals surface area contributed by atoms with Crippen LogP contribution in [0.1, 0.15) is 46.5 Å². The normalized spacial score (nSPS) is 21.1. The fourth-order valence-corrected chi connectivity index (χ4v) is 2.74. The summed E-state index contributed by atoms with van der Waals surface area (Å²) in [6.45, 7) is 9.32. The molecule has 0 aromatic rings. The average molecular weight is 269 g/mol. The Kier molecular flexibility index (Phi) is 7.39. The summed E-state index contributed by atoms with van der Waals surface area (Å²) < 4.78 is 0. The van der Waals surface area contributed by atoms with E-state index in [1.165, 1.54) is 12.8 Å². The Hall–Kier alpha value is -0.610. The number of hydrogen-bond acceptors (Lipinski definition) is 3. The van der Waals surface area contributed by atoms with E-state index in [9.17, 15) is 4.79 Å². The van der Waals surface area contributed by atoms with Crippen LogP contribution in [0.3, 0.4) is 0 Å². The Morgan fingerprint density at radius 1 is 1.32 bits per heavy atom. The first-order chi connectivity index (χ1) is 9.10. The number of likely N-dealkylation sites (tertiary alicyclic amines) is 1. The Morgan fingerprint density at radius 2 is 1.95 bits per heavy atom. The molecule has 0 aromatic heterocycles. The van der Waals surface area contributed by atoms with Crippen molar-refractivity contribution < 1.29 is 4.79 Å². The van der Waals surface area contributed by atoms with Gasteiger partial charge in [-0.25, -0.2) is 0 Å². The van der Waals surface area contributed by atoms with Crippen molar-refractivity contribution >= 4 is 5.91 Å². The Labute approximate surface area is 118 Å².